The minimum Gasteiger partial charge on any atom is -0.300 e. The van der Waals surface area contributed by atoms with Gasteiger partial charge in [-0.25, -0.2) is 0 Å². The summed E-state index contributed by atoms with van der Waals surface area (Å²) in [6.07, 6.45) is 5.25. The van der Waals surface area contributed by atoms with E-state index in [0.717, 1.165) is 11.8 Å². The quantitative estimate of drug-likeness (QED) is 0.674. The molecule has 0 amide bonds. The normalized spacial score (nSPS) is 37.7. The van der Waals surface area contributed by atoms with E-state index in [2.05, 4.69) is 43.1 Å². The largest absolute Gasteiger partial charge is 0.300 e. The molecule has 0 N–H and O–H groups in total. The van der Waals surface area contributed by atoms with E-state index >= 15 is 0 Å². The molecule has 3 unspecified atom stereocenters. The van der Waals surface area contributed by atoms with Gasteiger partial charge >= 0.3 is 0 Å². The van der Waals surface area contributed by atoms with E-state index in [1.54, 1.807) is 0 Å². The topological polar surface area (TPSA) is 9.23 Å². The van der Waals surface area contributed by atoms with Gasteiger partial charge < -0.3 is 3.83 Å². The Morgan fingerprint density at radius 2 is 2.31 bits per heavy atom. The van der Waals surface area contributed by atoms with Crippen LogP contribution in [0.5, 0.6) is 0 Å². The summed E-state index contributed by atoms with van der Waals surface area (Å²) in [5.41, 5.74) is 2.02. The lowest BCUT2D eigenvalue weighted by Gasteiger charge is -2.57. The van der Waals surface area contributed by atoms with E-state index in [4.69, 9.17) is 3.83 Å². The number of hydrogen-bond acceptors (Lipinski definition) is 1. The highest BCUT2D eigenvalue weighted by Crippen LogP contribution is 2.59. The van der Waals surface area contributed by atoms with Crippen LogP contribution in [0.4, 0.5) is 0 Å². The molecule has 0 aromatic rings. The van der Waals surface area contributed by atoms with Gasteiger partial charge in [-0.3, -0.25) is 0 Å². The summed E-state index contributed by atoms with van der Waals surface area (Å²) in [6.45, 7) is 6.90. The minimum atomic E-state index is 0.241. The molecule has 74 valence electrons. The van der Waals surface area contributed by atoms with E-state index in [9.17, 15) is 0 Å². The summed E-state index contributed by atoms with van der Waals surface area (Å²) in [5.74, 6) is 1.68. The van der Waals surface area contributed by atoms with Crippen LogP contribution in [0.3, 0.4) is 0 Å². The van der Waals surface area contributed by atoms with Crippen LogP contribution in [-0.2, 0) is 3.83 Å². The first-order valence-corrected chi connectivity index (χ1v) is 5.69. The molecule has 0 radical (unpaired) electrons. The minimum absolute atomic E-state index is 0.241. The molecule has 3 aliphatic carbocycles. The van der Waals surface area contributed by atoms with Gasteiger partial charge in [0.1, 0.15) is 0 Å². The van der Waals surface area contributed by atoms with Crippen LogP contribution in [0.25, 0.3) is 0 Å². The highest BCUT2D eigenvalue weighted by Gasteiger charge is 2.51. The Bertz CT molecular complexity index is 244. The third-order valence-corrected chi connectivity index (χ3v) is 4.67. The highest BCUT2D eigenvalue weighted by molar-refractivity contribution is 9.06. The third-order valence-electron chi connectivity index (χ3n) is 4.11. The van der Waals surface area contributed by atoms with Crippen molar-refractivity contribution in [3.05, 3.63) is 11.6 Å². The van der Waals surface area contributed by atoms with Gasteiger partial charge in [0.2, 0.25) is 0 Å². The second-order valence-electron chi connectivity index (χ2n) is 4.98. The molecule has 1 fully saturated rings. The van der Waals surface area contributed by atoms with Crippen molar-refractivity contribution in [2.24, 2.45) is 17.3 Å². The molecule has 0 spiro atoms. The van der Waals surface area contributed by atoms with Gasteiger partial charge in [-0.1, -0.05) is 19.9 Å². The zero-order valence-corrected chi connectivity index (χ0v) is 10.1. The monoisotopic (exact) mass is 244 g/mol. The summed E-state index contributed by atoms with van der Waals surface area (Å²) in [4.78, 5) is 0. The number of halogens is 1. The molecule has 3 atom stereocenters. The molecular formula is C11H17BrO. The summed E-state index contributed by atoms with van der Waals surface area (Å²) in [5, 5.41) is 0. The zero-order chi connectivity index (χ0) is 9.64. The Morgan fingerprint density at radius 1 is 1.62 bits per heavy atom. The molecule has 2 bridgehead atoms. The highest BCUT2D eigenvalue weighted by atomic mass is 79.9. The molecule has 0 heterocycles. The number of rotatable bonds is 2. The first-order chi connectivity index (χ1) is 6.07. The van der Waals surface area contributed by atoms with Crippen molar-refractivity contribution < 1.29 is 3.83 Å². The maximum Gasteiger partial charge on any atom is 0.0994 e. The van der Waals surface area contributed by atoms with Crippen molar-refractivity contribution in [3.63, 3.8) is 0 Å². The molecule has 3 aliphatic rings. The van der Waals surface area contributed by atoms with Gasteiger partial charge in [-0.2, -0.15) is 0 Å². The predicted molar refractivity (Wildman–Crippen MR) is 57.6 cm³/mol. The molecule has 0 aliphatic heterocycles. The predicted octanol–water partition coefficient (Wildman–Crippen LogP) is 3.69. The molecule has 0 aromatic carbocycles. The SMILES string of the molecule is CC(OBr)C1=CCC2CC1C2(C)C. The Balaban J connectivity index is 2.18. The van der Waals surface area contributed by atoms with E-state index in [-0.39, 0.29) is 6.10 Å². The van der Waals surface area contributed by atoms with Crippen LogP contribution >= 0.6 is 16.3 Å². The lowest BCUT2D eigenvalue weighted by molar-refractivity contribution is -0.0160. The second-order valence-corrected chi connectivity index (χ2v) is 5.35. The molecule has 1 nitrogen and oxygen atoms in total. The molecule has 13 heavy (non-hydrogen) atoms. The van der Waals surface area contributed by atoms with Crippen LogP contribution < -0.4 is 0 Å². The van der Waals surface area contributed by atoms with E-state index < -0.39 is 0 Å². The molecule has 2 heteroatoms. The van der Waals surface area contributed by atoms with Gasteiger partial charge in [0.05, 0.1) is 22.4 Å². The van der Waals surface area contributed by atoms with Crippen molar-refractivity contribution in [3.8, 4) is 0 Å². The number of allylic oxidation sites excluding steroid dienone is 1. The third kappa shape index (κ3) is 1.30. The molecule has 3 rings (SSSR count). The van der Waals surface area contributed by atoms with Crippen LogP contribution in [0, 0.1) is 17.3 Å². The Morgan fingerprint density at radius 3 is 2.77 bits per heavy atom. The molecule has 1 saturated carbocycles. The molecule has 0 saturated heterocycles. The fourth-order valence-corrected chi connectivity index (χ4v) is 3.12. The van der Waals surface area contributed by atoms with Gasteiger partial charge in [0.25, 0.3) is 0 Å². The number of hydrogen-bond donors (Lipinski definition) is 0. The summed E-state index contributed by atoms with van der Waals surface area (Å²) >= 11 is 3.09. The average Bonchev–Trinajstić information content (AvgIpc) is 2.16. The van der Waals surface area contributed by atoms with Crippen LogP contribution in [0.1, 0.15) is 33.6 Å². The van der Waals surface area contributed by atoms with Crippen LogP contribution in [0.15, 0.2) is 11.6 Å². The number of fused-ring (bicyclic) bond motifs is 1. The summed E-state index contributed by atoms with van der Waals surface area (Å²) in [6, 6.07) is 0. The second kappa shape index (κ2) is 3.09. The van der Waals surface area contributed by atoms with Gasteiger partial charge in [0.15, 0.2) is 0 Å². The fraction of sp³-hybridized carbons (Fsp3) is 0.818. The van der Waals surface area contributed by atoms with Crippen LogP contribution in [0.2, 0.25) is 0 Å². The fourth-order valence-electron chi connectivity index (χ4n) is 2.90. The van der Waals surface area contributed by atoms with E-state index in [1.807, 2.05) is 0 Å². The summed E-state index contributed by atoms with van der Waals surface area (Å²) in [7, 11) is 0. The maximum atomic E-state index is 5.22. The lowest BCUT2D eigenvalue weighted by Crippen LogP contribution is -2.49. The van der Waals surface area contributed by atoms with Crippen molar-refractivity contribution in [2.45, 2.75) is 39.7 Å². The van der Waals surface area contributed by atoms with Crippen molar-refractivity contribution in [1.82, 2.24) is 0 Å². The first-order valence-electron chi connectivity index (χ1n) is 5.04. The average molecular weight is 245 g/mol. The van der Waals surface area contributed by atoms with Crippen molar-refractivity contribution in [2.75, 3.05) is 0 Å². The Labute approximate surface area is 89.0 Å². The summed E-state index contributed by atoms with van der Waals surface area (Å²) < 4.78 is 5.22. The van der Waals surface area contributed by atoms with Crippen LogP contribution in [-0.4, -0.2) is 6.10 Å². The molecular weight excluding hydrogens is 228 g/mol. The maximum absolute atomic E-state index is 5.22. The van der Waals surface area contributed by atoms with Gasteiger partial charge in [-0.05, 0) is 42.6 Å². The smallest absolute Gasteiger partial charge is 0.0994 e. The first kappa shape index (κ1) is 9.72. The van der Waals surface area contributed by atoms with Crippen molar-refractivity contribution in [1.29, 1.82) is 0 Å². The van der Waals surface area contributed by atoms with Gasteiger partial charge in [-0.15, -0.1) is 0 Å². The zero-order valence-electron chi connectivity index (χ0n) is 8.51. The Kier molecular flexibility index (Phi) is 2.31. The van der Waals surface area contributed by atoms with E-state index in [1.165, 1.54) is 18.4 Å². The Hall–Kier alpha value is 0.180. The van der Waals surface area contributed by atoms with Crippen molar-refractivity contribution >= 4 is 16.3 Å². The lowest BCUT2D eigenvalue weighted by atomic mass is 9.48. The molecule has 0 aromatic heterocycles. The standard InChI is InChI=1S/C11H17BrO/c1-7(13-12)9-5-4-8-6-10(9)11(8,2)3/h5,7-8,10H,4,6H2,1-3H3. The van der Waals surface area contributed by atoms with Gasteiger partial charge in [0, 0.05) is 0 Å². The van der Waals surface area contributed by atoms with E-state index in [0.29, 0.717) is 5.41 Å².